The van der Waals surface area contributed by atoms with E-state index in [0.29, 0.717) is 5.92 Å². The van der Waals surface area contributed by atoms with Gasteiger partial charge in [0.1, 0.15) is 0 Å². The maximum atomic E-state index is 12.9. The molecule has 122 valence electrons. The molecule has 1 aromatic carbocycles. The van der Waals surface area contributed by atoms with Crippen LogP contribution < -0.4 is 5.32 Å². The third-order valence-corrected chi connectivity index (χ3v) is 4.61. The normalized spacial score (nSPS) is 17.3. The molecule has 4 heteroatoms. The molecule has 1 N–H and O–H groups in total. The van der Waals surface area contributed by atoms with Crippen LogP contribution in [0.1, 0.15) is 36.7 Å². The fraction of sp³-hybridized carbons (Fsp3) is 0.421. The van der Waals surface area contributed by atoms with Crippen LogP contribution in [0.25, 0.3) is 0 Å². The Morgan fingerprint density at radius 2 is 2.00 bits per heavy atom. The van der Waals surface area contributed by atoms with E-state index in [1.807, 2.05) is 30.9 Å². The first-order valence-corrected chi connectivity index (χ1v) is 8.27. The number of fused-ring (bicyclic) bond motifs is 1. The average Bonchev–Trinajstić information content (AvgIpc) is 2.98. The average molecular weight is 311 g/mol. The van der Waals surface area contributed by atoms with Crippen LogP contribution in [-0.4, -0.2) is 22.0 Å². The molecular formula is C19H25N3O. The summed E-state index contributed by atoms with van der Waals surface area (Å²) in [6.07, 6.45) is 2.10. The number of benzene rings is 1. The molecule has 0 bridgehead atoms. The molecule has 0 radical (unpaired) electrons. The van der Waals surface area contributed by atoms with Gasteiger partial charge >= 0.3 is 6.03 Å². The van der Waals surface area contributed by atoms with E-state index >= 15 is 0 Å². The zero-order valence-corrected chi connectivity index (χ0v) is 14.3. The van der Waals surface area contributed by atoms with Crippen LogP contribution in [0.4, 0.5) is 10.5 Å². The van der Waals surface area contributed by atoms with E-state index in [4.69, 9.17) is 0 Å². The Balaban J connectivity index is 1.85. The molecule has 1 atom stereocenters. The van der Waals surface area contributed by atoms with Gasteiger partial charge in [0.05, 0.1) is 6.04 Å². The number of urea groups is 1. The van der Waals surface area contributed by atoms with E-state index in [-0.39, 0.29) is 12.1 Å². The predicted molar refractivity (Wildman–Crippen MR) is 93.7 cm³/mol. The maximum Gasteiger partial charge on any atom is 0.322 e. The Bertz CT molecular complexity index is 717. The number of hydrogen-bond donors (Lipinski definition) is 1. The number of nitrogens with zero attached hydrogens (tertiary/aromatic N) is 2. The minimum absolute atomic E-state index is 0.00940. The van der Waals surface area contributed by atoms with Crippen molar-refractivity contribution in [3.8, 4) is 0 Å². The highest BCUT2D eigenvalue weighted by Crippen LogP contribution is 2.33. The monoisotopic (exact) mass is 311 g/mol. The van der Waals surface area contributed by atoms with Crippen molar-refractivity contribution >= 4 is 11.7 Å². The maximum absolute atomic E-state index is 12.9. The summed E-state index contributed by atoms with van der Waals surface area (Å²) in [4.78, 5) is 14.9. The lowest BCUT2D eigenvalue weighted by Crippen LogP contribution is -2.45. The summed E-state index contributed by atoms with van der Waals surface area (Å²) < 4.78 is 2.26. The fourth-order valence-electron chi connectivity index (χ4n) is 3.40. The van der Waals surface area contributed by atoms with Gasteiger partial charge in [-0.1, -0.05) is 26.0 Å². The number of rotatable bonds is 2. The van der Waals surface area contributed by atoms with Crippen LogP contribution in [-0.2, 0) is 6.54 Å². The Hall–Kier alpha value is -2.23. The molecule has 0 spiro atoms. The first kappa shape index (κ1) is 15.7. The summed E-state index contributed by atoms with van der Waals surface area (Å²) in [5.74, 6) is 0.369. The first-order valence-electron chi connectivity index (χ1n) is 8.27. The largest absolute Gasteiger partial charge is 0.348 e. The lowest BCUT2D eigenvalue weighted by Gasteiger charge is -2.39. The standard InChI is InChI=1S/C19H25N3O/c1-13(2)18-17-6-5-9-21(17)10-11-22(18)19(23)20-16-12-14(3)7-8-15(16)4/h5-9,12-13,18H,10-11H2,1-4H3,(H,20,23)/t18-/m1/s1. The topological polar surface area (TPSA) is 37.3 Å². The molecule has 23 heavy (non-hydrogen) atoms. The van der Waals surface area contributed by atoms with Crippen LogP contribution in [0.5, 0.6) is 0 Å². The fourth-order valence-corrected chi connectivity index (χ4v) is 3.40. The summed E-state index contributed by atoms with van der Waals surface area (Å²) >= 11 is 0. The first-order chi connectivity index (χ1) is 11.0. The number of aromatic nitrogens is 1. The molecule has 0 unspecified atom stereocenters. The molecule has 1 aromatic heterocycles. The van der Waals surface area contributed by atoms with Crippen molar-refractivity contribution in [2.75, 3.05) is 11.9 Å². The third kappa shape index (κ3) is 2.98. The quantitative estimate of drug-likeness (QED) is 0.879. The van der Waals surface area contributed by atoms with Crippen molar-refractivity contribution in [1.82, 2.24) is 9.47 Å². The zero-order valence-electron chi connectivity index (χ0n) is 14.3. The molecule has 3 rings (SSSR count). The van der Waals surface area contributed by atoms with Gasteiger partial charge in [0, 0.05) is 30.7 Å². The molecule has 1 aliphatic rings. The van der Waals surface area contributed by atoms with Crippen molar-refractivity contribution in [2.45, 2.75) is 40.3 Å². The SMILES string of the molecule is Cc1ccc(C)c(NC(=O)N2CCn3cccc3[C@H]2C(C)C)c1. The predicted octanol–water partition coefficient (Wildman–Crippen LogP) is 4.35. The number of nitrogens with one attached hydrogen (secondary N) is 1. The molecule has 0 saturated carbocycles. The van der Waals surface area contributed by atoms with E-state index in [1.54, 1.807) is 0 Å². The van der Waals surface area contributed by atoms with Crippen LogP contribution >= 0.6 is 0 Å². The Morgan fingerprint density at radius 3 is 2.74 bits per heavy atom. The van der Waals surface area contributed by atoms with Gasteiger partial charge in [-0.25, -0.2) is 4.79 Å². The van der Waals surface area contributed by atoms with Crippen molar-refractivity contribution < 1.29 is 4.79 Å². The van der Waals surface area contributed by atoms with Gasteiger partial charge in [-0.3, -0.25) is 0 Å². The van der Waals surface area contributed by atoms with Crippen LogP contribution in [0.15, 0.2) is 36.5 Å². The number of carbonyl (C=O) groups is 1. The van der Waals surface area contributed by atoms with E-state index in [9.17, 15) is 4.79 Å². The summed E-state index contributed by atoms with van der Waals surface area (Å²) in [7, 11) is 0. The molecule has 1 aliphatic heterocycles. The van der Waals surface area contributed by atoms with Gasteiger partial charge < -0.3 is 14.8 Å². The zero-order chi connectivity index (χ0) is 16.6. The van der Waals surface area contributed by atoms with E-state index < -0.39 is 0 Å². The van der Waals surface area contributed by atoms with Gasteiger partial charge in [-0.15, -0.1) is 0 Å². The van der Waals surface area contributed by atoms with Gasteiger partial charge in [0.15, 0.2) is 0 Å². The third-order valence-electron chi connectivity index (χ3n) is 4.61. The van der Waals surface area contributed by atoms with Crippen molar-refractivity contribution in [1.29, 1.82) is 0 Å². The van der Waals surface area contributed by atoms with Gasteiger partial charge in [-0.05, 0) is 49.1 Å². The number of carbonyl (C=O) groups excluding carboxylic acids is 1. The summed E-state index contributed by atoms with van der Waals surface area (Å²) in [5, 5.41) is 3.11. The summed E-state index contributed by atoms with van der Waals surface area (Å²) in [6, 6.07) is 10.4. The molecule has 2 amide bonds. The van der Waals surface area contributed by atoms with Crippen LogP contribution in [0, 0.1) is 19.8 Å². The van der Waals surface area contributed by atoms with Crippen LogP contribution in [0.3, 0.4) is 0 Å². The van der Waals surface area contributed by atoms with Crippen molar-refractivity contribution in [3.63, 3.8) is 0 Å². The van der Waals surface area contributed by atoms with Crippen molar-refractivity contribution in [3.05, 3.63) is 53.3 Å². The van der Waals surface area contributed by atoms with E-state index in [1.165, 1.54) is 5.69 Å². The number of amides is 2. The van der Waals surface area contributed by atoms with Crippen LogP contribution in [0.2, 0.25) is 0 Å². The Morgan fingerprint density at radius 1 is 1.22 bits per heavy atom. The lowest BCUT2D eigenvalue weighted by atomic mass is 9.97. The summed E-state index contributed by atoms with van der Waals surface area (Å²) in [6.45, 7) is 10.0. The van der Waals surface area contributed by atoms with E-state index in [0.717, 1.165) is 29.9 Å². The highest BCUT2D eigenvalue weighted by atomic mass is 16.2. The second-order valence-electron chi connectivity index (χ2n) is 6.76. The van der Waals surface area contributed by atoms with Gasteiger partial charge in [0.2, 0.25) is 0 Å². The second kappa shape index (κ2) is 6.11. The van der Waals surface area contributed by atoms with Gasteiger partial charge in [0.25, 0.3) is 0 Å². The van der Waals surface area contributed by atoms with E-state index in [2.05, 4.69) is 48.1 Å². The number of hydrogen-bond acceptors (Lipinski definition) is 1. The Kier molecular flexibility index (Phi) is 4.16. The molecular weight excluding hydrogens is 286 g/mol. The second-order valence-corrected chi connectivity index (χ2v) is 6.76. The highest BCUT2D eigenvalue weighted by Gasteiger charge is 2.33. The summed E-state index contributed by atoms with van der Waals surface area (Å²) in [5.41, 5.74) is 4.37. The molecule has 2 heterocycles. The molecule has 0 fully saturated rings. The molecule has 0 saturated heterocycles. The Labute approximate surface area is 138 Å². The molecule has 0 aliphatic carbocycles. The van der Waals surface area contributed by atoms with Crippen molar-refractivity contribution in [2.24, 2.45) is 5.92 Å². The highest BCUT2D eigenvalue weighted by molar-refractivity contribution is 5.90. The lowest BCUT2D eigenvalue weighted by molar-refractivity contribution is 0.144. The minimum Gasteiger partial charge on any atom is -0.348 e. The number of aryl methyl sites for hydroxylation is 2. The minimum atomic E-state index is -0.00940. The smallest absolute Gasteiger partial charge is 0.322 e. The molecule has 4 nitrogen and oxygen atoms in total. The number of anilines is 1. The van der Waals surface area contributed by atoms with Gasteiger partial charge in [-0.2, -0.15) is 0 Å². The molecule has 2 aromatic rings.